The van der Waals surface area contributed by atoms with Gasteiger partial charge in [-0.25, -0.2) is 0 Å². The summed E-state index contributed by atoms with van der Waals surface area (Å²) in [5.41, 5.74) is 10.1. The van der Waals surface area contributed by atoms with Crippen LogP contribution in [0.4, 0.5) is 11.4 Å². The minimum atomic E-state index is 0.659. The number of nitrogens with two attached hydrogens (primary N) is 1. The minimum absolute atomic E-state index is 0.659. The molecule has 0 unspecified atom stereocenters. The molecule has 0 saturated heterocycles. The number of rotatable bonds is 4. The third-order valence-electron chi connectivity index (χ3n) is 4.86. The van der Waals surface area contributed by atoms with E-state index in [9.17, 15) is 0 Å². The van der Waals surface area contributed by atoms with Gasteiger partial charge in [0.2, 0.25) is 0 Å². The molecular formula is C22H21ClN6. The molecule has 0 aliphatic carbocycles. The quantitative estimate of drug-likeness (QED) is 0.652. The number of hydrogen-bond acceptors (Lipinski definition) is 5. The van der Waals surface area contributed by atoms with Gasteiger partial charge in [0.1, 0.15) is 11.6 Å². The smallest absolute Gasteiger partial charge is 0.139 e. The SMILES string of the molecule is C=C(N=C/C=C\N)c1ccc2c(c1)N(c1ccc(Cl)cc1)CCc1nnc(C)n1-2. The summed E-state index contributed by atoms with van der Waals surface area (Å²) < 4.78 is 2.11. The summed E-state index contributed by atoms with van der Waals surface area (Å²) in [6.07, 6.45) is 5.51. The molecule has 29 heavy (non-hydrogen) atoms. The van der Waals surface area contributed by atoms with Crippen LogP contribution in [0.1, 0.15) is 17.2 Å². The van der Waals surface area contributed by atoms with E-state index in [1.54, 1.807) is 12.3 Å². The van der Waals surface area contributed by atoms with Gasteiger partial charge in [0.15, 0.2) is 0 Å². The fourth-order valence-electron chi connectivity index (χ4n) is 3.47. The molecule has 3 aromatic rings. The summed E-state index contributed by atoms with van der Waals surface area (Å²) in [4.78, 5) is 6.63. The van der Waals surface area contributed by atoms with Gasteiger partial charge >= 0.3 is 0 Å². The zero-order valence-corrected chi connectivity index (χ0v) is 16.8. The lowest BCUT2D eigenvalue weighted by molar-refractivity contribution is 0.838. The van der Waals surface area contributed by atoms with Crippen LogP contribution in [-0.2, 0) is 6.42 Å². The van der Waals surface area contributed by atoms with E-state index in [1.807, 2.05) is 37.3 Å². The van der Waals surface area contributed by atoms with Gasteiger partial charge in [-0.05, 0) is 55.6 Å². The van der Waals surface area contributed by atoms with Gasteiger partial charge in [-0.15, -0.1) is 10.2 Å². The zero-order valence-electron chi connectivity index (χ0n) is 16.1. The second kappa shape index (κ2) is 7.93. The molecule has 2 aromatic carbocycles. The van der Waals surface area contributed by atoms with E-state index in [1.165, 1.54) is 6.20 Å². The Hall–Kier alpha value is -3.38. The van der Waals surface area contributed by atoms with Crippen molar-refractivity contribution in [3.05, 3.63) is 83.6 Å². The molecule has 0 saturated carbocycles. The Kier molecular flexibility index (Phi) is 5.18. The summed E-state index contributed by atoms with van der Waals surface area (Å²) in [6, 6.07) is 14.0. The molecule has 4 rings (SSSR count). The topological polar surface area (TPSA) is 72.3 Å². The highest BCUT2D eigenvalue weighted by atomic mass is 35.5. The average Bonchev–Trinajstić information content (AvgIpc) is 3.00. The maximum Gasteiger partial charge on any atom is 0.139 e. The molecule has 0 atom stereocenters. The molecule has 6 nitrogen and oxygen atoms in total. The van der Waals surface area contributed by atoms with Crippen LogP contribution >= 0.6 is 11.6 Å². The fourth-order valence-corrected chi connectivity index (χ4v) is 3.59. The predicted octanol–water partition coefficient (Wildman–Crippen LogP) is 4.44. The molecule has 0 fully saturated rings. The number of allylic oxidation sites excluding steroid dienone is 1. The number of hydrogen-bond donors (Lipinski definition) is 1. The maximum absolute atomic E-state index is 6.10. The number of halogens is 1. The van der Waals surface area contributed by atoms with Crippen molar-refractivity contribution in [3.8, 4) is 5.69 Å². The van der Waals surface area contributed by atoms with Gasteiger partial charge < -0.3 is 10.6 Å². The van der Waals surface area contributed by atoms with Gasteiger partial charge in [-0.3, -0.25) is 9.56 Å². The summed E-state index contributed by atoms with van der Waals surface area (Å²) in [5.74, 6) is 1.80. The minimum Gasteiger partial charge on any atom is -0.405 e. The van der Waals surface area contributed by atoms with Crippen molar-refractivity contribution in [1.82, 2.24) is 14.8 Å². The Balaban J connectivity index is 1.85. The first-order valence-corrected chi connectivity index (χ1v) is 9.65. The maximum atomic E-state index is 6.10. The lowest BCUT2D eigenvalue weighted by atomic mass is 10.1. The molecule has 0 spiro atoms. The Morgan fingerprint density at radius 2 is 1.97 bits per heavy atom. The largest absolute Gasteiger partial charge is 0.405 e. The Morgan fingerprint density at radius 3 is 2.72 bits per heavy atom. The van der Waals surface area contributed by atoms with Crippen molar-refractivity contribution in [2.45, 2.75) is 13.3 Å². The molecule has 146 valence electrons. The number of fused-ring (bicyclic) bond motifs is 3. The van der Waals surface area contributed by atoms with E-state index in [0.717, 1.165) is 47.2 Å². The van der Waals surface area contributed by atoms with Crippen LogP contribution in [0.3, 0.4) is 0 Å². The van der Waals surface area contributed by atoms with Crippen LogP contribution in [0.25, 0.3) is 11.4 Å². The normalized spacial score (nSPS) is 13.5. The molecule has 0 radical (unpaired) electrons. The lowest BCUT2D eigenvalue weighted by Gasteiger charge is -2.25. The molecule has 1 aliphatic heterocycles. The predicted molar refractivity (Wildman–Crippen MR) is 119 cm³/mol. The second-order valence-electron chi connectivity index (χ2n) is 6.69. The van der Waals surface area contributed by atoms with Crippen LogP contribution < -0.4 is 10.6 Å². The first-order valence-electron chi connectivity index (χ1n) is 9.27. The molecule has 0 amide bonds. The standard InChI is InChI=1S/C22H21ClN6/c1-15(25-12-3-11-24)17-4-9-20-21(14-17)28(19-7-5-18(23)6-8-19)13-10-22-27-26-16(2)29(20)22/h3-9,11-12,14H,1,10,13,24H2,2H3/b11-3-,25-12?. The second-order valence-corrected chi connectivity index (χ2v) is 7.13. The van der Waals surface area contributed by atoms with Crippen molar-refractivity contribution in [3.63, 3.8) is 0 Å². The third-order valence-corrected chi connectivity index (χ3v) is 5.11. The first kappa shape index (κ1) is 19.0. The van der Waals surface area contributed by atoms with Crippen LogP contribution in [0.5, 0.6) is 0 Å². The van der Waals surface area contributed by atoms with E-state index >= 15 is 0 Å². The Labute approximate surface area is 174 Å². The van der Waals surface area contributed by atoms with Gasteiger partial charge in [0.05, 0.1) is 17.1 Å². The highest BCUT2D eigenvalue weighted by molar-refractivity contribution is 6.30. The zero-order chi connectivity index (χ0) is 20.4. The summed E-state index contributed by atoms with van der Waals surface area (Å²) in [7, 11) is 0. The summed E-state index contributed by atoms with van der Waals surface area (Å²) >= 11 is 6.10. The molecule has 1 aromatic heterocycles. The molecule has 0 bridgehead atoms. The lowest BCUT2D eigenvalue weighted by Crippen LogP contribution is -2.19. The van der Waals surface area contributed by atoms with Crippen molar-refractivity contribution < 1.29 is 0 Å². The molecule has 1 aliphatic rings. The van der Waals surface area contributed by atoms with Crippen LogP contribution in [-0.4, -0.2) is 27.5 Å². The highest BCUT2D eigenvalue weighted by Gasteiger charge is 2.24. The van der Waals surface area contributed by atoms with E-state index in [4.69, 9.17) is 17.3 Å². The van der Waals surface area contributed by atoms with Crippen molar-refractivity contribution in [1.29, 1.82) is 0 Å². The van der Waals surface area contributed by atoms with Crippen LogP contribution in [0.15, 0.2) is 66.3 Å². The van der Waals surface area contributed by atoms with Crippen molar-refractivity contribution in [2.24, 2.45) is 10.7 Å². The van der Waals surface area contributed by atoms with Gasteiger partial charge in [-0.1, -0.05) is 24.2 Å². The van der Waals surface area contributed by atoms with E-state index in [2.05, 4.69) is 43.4 Å². The summed E-state index contributed by atoms with van der Waals surface area (Å²) in [6.45, 7) is 6.82. The number of aryl methyl sites for hydroxylation is 1. The highest BCUT2D eigenvalue weighted by Crippen LogP contribution is 2.37. The number of aliphatic imine (C=N–C) groups is 1. The first-order chi connectivity index (χ1) is 14.1. The average molecular weight is 405 g/mol. The molecule has 2 heterocycles. The fraction of sp³-hybridized carbons (Fsp3) is 0.136. The Morgan fingerprint density at radius 1 is 1.17 bits per heavy atom. The number of anilines is 2. The third kappa shape index (κ3) is 3.67. The number of aromatic nitrogens is 3. The van der Waals surface area contributed by atoms with Crippen LogP contribution in [0, 0.1) is 6.92 Å². The van der Waals surface area contributed by atoms with Crippen LogP contribution in [0.2, 0.25) is 5.02 Å². The monoisotopic (exact) mass is 404 g/mol. The van der Waals surface area contributed by atoms with E-state index in [-0.39, 0.29) is 0 Å². The van der Waals surface area contributed by atoms with E-state index < -0.39 is 0 Å². The van der Waals surface area contributed by atoms with Gasteiger partial charge in [0.25, 0.3) is 0 Å². The van der Waals surface area contributed by atoms with Crippen molar-refractivity contribution in [2.75, 3.05) is 11.4 Å². The molecule has 7 heteroatoms. The summed E-state index contributed by atoms with van der Waals surface area (Å²) in [5, 5.41) is 9.35. The van der Waals surface area contributed by atoms with Gasteiger partial charge in [-0.2, -0.15) is 0 Å². The molecule has 2 N–H and O–H groups in total. The number of benzene rings is 2. The Bertz CT molecular complexity index is 1110. The molecular weight excluding hydrogens is 384 g/mol. The van der Waals surface area contributed by atoms with E-state index in [0.29, 0.717) is 10.7 Å². The van der Waals surface area contributed by atoms with Crippen molar-refractivity contribution >= 4 is 34.9 Å². The number of nitrogens with zero attached hydrogens (tertiary/aromatic N) is 5. The van der Waals surface area contributed by atoms with Gasteiger partial charge in [0, 0.05) is 35.5 Å².